The Bertz CT molecular complexity index is 1010. The monoisotopic (exact) mass is 418 g/mol. The lowest BCUT2D eigenvalue weighted by atomic mass is 9.91. The first-order chi connectivity index (χ1) is 14.1. The van der Waals surface area contributed by atoms with E-state index in [1.807, 2.05) is 0 Å². The summed E-state index contributed by atoms with van der Waals surface area (Å²) in [6, 6.07) is 8.12. The second-order valence-corrected chi connectivity index (χ2v) is 7.14. The van der Waals surface area contributed by atoms with E-state index in [0.717, 1.165) is 23.1 Å². The number of carbonyl (C=O) groups is 3. The second-order valence-electron chi connectivity index (χ2n) is 7.14. The molecule has 0 aliphatic carbocycles. The van der Waals surface area contributed by atoms with Gasteiger partial charge in [0.2, 0.25) is 0 Å². The maximum absolute atomic E-state index is 14.2. The molecule has 2 aromatic rings. The molecule has 1 fully saturated rings. The van der Waals surface area contributed by atoms with E-state index in [9.17, 15) is 28.3 Å². The molecule has 2 aromatic carbocycles. The lowest BCUT2D eigenvalue weighted by molar-refractivity contribution is -0.132. The number of rotatable bonds is 7. The van der Waals surface area contributed by atoms with E-state index in [1.165, 1.54) is 19.9 Å². The zero-order chi connectivity index (χ0) is 22.1. The fraction of sp³-hybridized carbons (Fsp3) is 0.286. The number of nitrogens with zero attached hydrogens (tertiary/aromatic N) is 1. The summed E-state index contributed by atoms with van der Waals surface area (Å²) in [6.45, 7) is 2.00. The molecular formula is C21H20F2N2O5. The van der Waals surface area contributed by atoms with Crippen LogP contribution < -0.4 is 10.1 Å². The Morgan fingerprint density at radius 2 is 1.97 bits per heavy atom. The van der Waals surface area contributed by atoms with Crippen molar-refractivity contribution in [1.29, 1.82) is 0 Å². The SMILES string of the molecule is CC(=O)c1cccc(OC[C@H](O)CN2C(=O)N[C@@](C)(c3cc(F)ccc3F)C2=O)c1. The van der Waals surface area contributed by atoms with Crippen LogP contribution in [0.3, 0.4) is 0 Å². The summed E-state index contributed by atoms with van der Waals surface area (Å²) in [5, 5.41) is 12.6. The highest BCUT2D eigenvalue weighted by molar-refractivity contribution is 6.07. The average Bonchev–Trinajstić information content (AvgIpc) is 2.92. The number of urea groups is 1. The van der Waals surface area contributed by atoms with Gasteiger partial charge < -0.3 is 15.2 Å². The van der Waals surface area contributed by atoms with Crippen molar-refractivity contribution in [2.24, 2.45) is 0 Å². The van der Waals surface area contributed by atoms with E-state index in [2.05, 4.69) is 5.32 Å². The number of ether oxygens (including phenoxy) is 1. The number of carbonyl (C=O) groups excluding carboxylic acids is 3. The van der Waals surface area contributed by atoms with Crippen molar-refractivity contribution in [3.63, 3.8) is 0 Å². The minimum absolute atomic E-state index is 0.149. The summed E-state index contributed by atoms with van der Waals surface area (Å²) >= 11 is 0. The van der Waals surface area contributed by atoms with Gasteiger partial charge in [-0.25, -0.2) is 13.6 Å². The van der Waals surface area contributed by atoms with Crippen LogP contribution in [-0.4, -0.2) is 47.0 Å². The Hall–Kier alpha value is -3.33. The quantitative estimate of drug-likeness (QED) is 0.532. The summed E-state index contributed by atoms with van der Waals surface area (Å²) in [7, 11) is 0. The molecule has 0 radical (unpaired) electrons. The maximum Gasteiger partial charge on any atom is 0.325 e. The van der Waals surface area contributed by atoms with Gasteiger partial charge in [-0.2, -0.15) is 0 Å². The molecule has 7 nitrogen and oxygen atoms in total. The lowest BCUT2D eigenvalue weighted by Gasteiger charge is -2.23. The van der Waals surface area contributed by atoms with Gasteiger partial charge in [0.05, 0.1) is 6.54 Å². The van der Waals surface area contributed by atoms with E-state index in [4.69, 9.17) is 4.74 Å². The highest BCUT2D eigenvalue weighted by Gasteiger charge is 2.50. The number of aliphatic hydroxyl groups excluding tert-OH is 1. The number of halogens is 2. The van der Waals surface area contributed by atoms with E-state index in [-0.39, 0.29) is 18.0 Å². The fourth-order valence-electron chi connectivity index (χ4n) is 3.19. The molecule has 1 aliphatic rings. The minimum atomic E-state index is -1.81. The summed E-state index contributed by atoms with van der Waals surface area (Å²) in [6.07, 6.45) is -1.25. The molecule has 0 spiro atoms. The summed E-state index contributed by atoms with van der Waals surface area (Å²) < 4.78 is 33.2. The Labute approximate surface area is 171 Å². The molecule has 0 aromatic heterocycles. The third-order valence-electron chi connectivity index (χ3n) is 4.82. The number of nitrogens with one attached hydrogen (secondary N) is 1. The number of benzene rings is 2. The highest BCUT2D eigenvalue weighted by Crippen LogP contribution is 2.31. The van der Waals surface area contributed by atoms with Crippen LogP contribution in [0.25, 0.3) is 0 Å². The Kier molecular flexibility index (Phi) is 5.84. The summed E-state index contributed by atoms with van der Waals surface area (Å²) in [5.74, 6) is -2.23. The Balaban J connectivity index is 1.69. The van der Waals surface area contributed by atoms with Gasteiger partial charge in [-0.3, -0.25) is 14.5 Å². The van der Waals surface area contributed by atoms with Gasteiger partial charge in [0.15, 0.2) is 5.78 Å². The summed E-state index contributed by atoms with van der Waals surface area (Å²) in [4.78, 5) is 37.2. The first-order valence-electron chi connectivity index (χ1n) is 9.13. The third-order valence-corrected chi connectivity index (χ3v) is 4.82. The third kappa shape index (κ3) is 4.16. The van der Waals surface area contributed by atoms with Crippen LogP contribution in [0.2, 0.25) is 0 Å². The van der Waals surface area contributed by atoms with Gasteiger partial charge in [0, 0.05) is 11.1 Å². The number of imide groups is 1. The van der Waals surface area contributed by atoms with Crippen LogP contribution in [0.1, 0.15) is 29.8 Å². The van der Waals surface area contributed by atoms with Crippen molar-refractivity contribution >= 4 is 17.7 Å². The van der Waals surface area contributed by atoms with Crippen molar-refractivity contribution in [1.82, 2.24) is 10.2 Å². The van der Waals surface area contributed by atoms with Crippen molar-refractivity contribution in [3.05, 3.63) is 65.2 Å². The predicted molar refractivity (Wildman–Crippen MR) is 102 cm³/mol. The minimum Gasteiger partial charge on any atom is -0.491 e. The first-order valence-corrected chi connectivity index (χ1v) is 9.13. The van der Waals surface area contributed by atoms with Crippen LogP contribution in [0.15, 0.2) is 42.5 Å². The van der Waals surface area contributed by atoms with E-state index >= 15 is 0 Å². The molecule has 0 unspecified atom stereocenters. The van der Waals surface area contributed by atoms with Crippen molar-refractivity contribution < 1.29 is 33.0 Å². The van der Waals surface area contributed by atoms with Crippen LogP contribution in [0.4, 0.5) is 13.6 Å². The highest BCUT2D eigenvalue weighted by atomic mass is 19.1. The van der Waals surface area contributed by atoms with Crippen molar-refractivity contribution in [3.8, 4) is 5.75 Å². The molecule has 1 aliphatic heterocycles. The van der Waals surface area contributed by atoms with Crippen molar-refractivity contribution in [2.45, 2.75) is 25.5 Å². The molecule has 3 amide bonds. The van der Waals surface area contributed by atoms with Gasteiger partial charge in [-0.15, -0.1) is 0 Å². The number of β-amino-alcohol motifs (C(OH)–C–C–N with tert-alkyl or cyclic N) is 1. The molecule has 0 bridgehead atoms. The number of amides is 3. The number of Topliss-reactive ketones (excluding diaryl/α,β-unsaturated/α-hetero) is 1. The molecule has 3 rings (SSSR count). The zero-order valence-corrected chi connectivity index (χ0v) is 16.3. The molecule has 1 heterocycles. The largest absolute Gasteiger partial charge is 0.491 e. The molecule has 1 saturated heterocycles. The maximum atomic E-state index is 14.2. The molecule has 0 saturated carbocycles. The van der Waals surface area contributed by atoms with Gasteiger partial charge in [-0.1, -0.05) is 12.1 Å². The number of hydrogen-bond acceptors (Lipinski definition) is 5. The first kappa shape index (κ1) is 21.4. The number of hydrogen-bond donors (Lipinski definition) is 2. The molecule has 30 heavy (non-hydrogen) atoms. The zero-order valence-electron chi connectivity index (χ0n) is 16.3. The smallest absolute Gasteiger partial charge is 0.325 e. The average molecular weight is 418 g/mol. The normalized spacial score (nSPS) is 19.6. The second kappa shape index (κ2) is 8.19. The van der Waals surface area contributed by atoms with Crippen LogP contribution in [0.5, 0.6) is 5.75 Å². The Morgan fingerprint density at radius 3 is 2.67 bits per heavy atom. The van der Waals surface area contributed by atoms with E-state index < -0.39 is 41.8 Å². The Morgan fingerprint density at radius 1 is 1.23 bits per heavy atom. The van der Waals surface area contributed by atoms with E-state index in [1.54, 1.807) is 18.2 Å². The van der Waals surface area contributed by atoms with Crippen LogP contribution in [-0.2, 0) is 10.3 Å². The van der Waals surface area contributed by atoms with Gasteiger partial charge in [-0.05, 0) is 44.2 Å². The molecule has 9 heteroatoms. The van der Waals surface area contributed by atoms with Crippen LogP contribution in [0, 0.1) is 11.6 Å². The standard InChI is InChI=1S/C21H20F2N2O5/c1-12(26)13-4-3-5-16(8-13)30-11-15(27)10-25-19(28)21(2,24-20(25)29)17-9-14(22)6-7-18(17)23/h3-9,15,27H,10-11H2,1-2H3,(H,24,29)/t15-,21+/m1/s1. The summed E-state index contributed by atoms with van der Waals surface area (Å²) in [5.41, 5.74) is -1.68. The molecule has 158 valence electrons. The molecule has 2 atom stereocenters. The van der Waals surface area contributed by atoms with Gasteiger partial charge in [0.1, 0.15) is 35.6 Å². The fourth-order valence-corrected chi connectivity index (χ4v) is 3.19. The van der Waals surface area contributed by atoms with Crippen LogP contribution >= 0.6 is 0 Å². The van der Waals surface area contributed by atoms with E-state index in [0.29, 0.717) is 11.3 Å². The predicted octanol–water partition coefficient (Wildman–Crippen LogP) is 2.37. The molecular weight excluding hydrogens is 398 g/mol. The van der Waals surface area contributed by atoms with Crippen molar-refractivity contribution in [2.75, 3.05) is 13.2 Å². The lowest BCUT2D eigenvalue weighted by Crippen LogP contribution is -2.43. The van der Waals surface area contributed by atoms with Gasteiger partial charge >= 0.3 is 6.03 Å². The molecule has 2 N–H and O–H groups in total. The number of ketones is 1. The topological polar surface area (TPSA) is 95.9 Å². The number of aliphatic hydroxyl groups is 1. The van der Waals surface area contributed by atoms with Gasteiger partial charge in [0.25, 0.3) is 5.91 Å².